The van der Waals surface area contributed by atoms with Gasteiger partial charge >= 0.3 is 6.09 Å². The minimum absolute atomic E-state index is 0.460. The van der Waals surface area contributed by atoms with Crippen LogP contribution in [0.25, 0.3) is 0 Å². The lowest BCUT2D eigenvalue weighted by Crippen LogP contribution is -2.30. The minimum Gasteiger partial charge on any atom is -0.443 e. The lowest BCUT2D eigenvalue weighted by Gasteiger charge is -2.18. The molecule has 0 aliphatic rings. The second-order valence-electron chi connectivity index (χ2n) is 2.94. The normalized spacial score (nSPS) is 10.2. The molecule has 0 aromatic carbocycles. The van der Waals surface area contributed by atoms with E-state index < -0.39 is 11.7 Å². The number of ether oxygens (including phenoxy) is 1. The highest BCUT2D eigenvalue weighted by molar-refractivity contribution is 7.96. The van der Waals surface area contributed by atoms with Crippen molar-refractivity contribution in [3.63, 3.8) is 0 Å². The summed E-state index contributed by atoms with van der Waals surface area (Å²) in [6.07, 6.45) is -0.121. The highest BCUT2D eigenvalue weighted by atomic mass is 32.2. The van der Waals surface area contributed by atoms with Gasteiger partial charge in [0, 0.05) is 0 Å². The van der Waals surface area contributed by atoms with Gasteiger partial charge in [-0.15, -0.1) is 0 Å². The average molecular weight is 192 g/mol. The van der Waals surface area contributed by atoms with Crippen molar-refractivity contribution >= 4 is 24.6 Å². The monoisotopic (exact) mass is 192 g/mol. The fraction of sp³-hybridized carbons (Fsp3) is 0.667. The molecule has 0 heterocycles. The van der Waals surface area contributed by atoms with Crippen LogP contribution in [-0.2, 0) is 9.53 Å². The molecule has 12 heavy (non-hydrogen) atoms. The lowest BCUT2D eigenvalue weighted by molar-refractivity contribution is -0.107. The molecule has 0 fully saturated rings. The summed E-state index contributed by atoms with van der Waals surface area (Å²) in [7, 11) is 0. The van der Waals surface area contributed by atoms with Crippen LogP contribution in [0.4, 0.5) is 4.79 Å². The molecule has 0 aromatic heterocycles. The van der Waals surface area contributed by atoms with Crippen LogP contribution < -0.4 is 9.44 Å². The van der Waals surface area contributed by atoms with Gasteiger partial charge in [0.05, 0.1) is 12.1 Å². The molecule has 0 aromatic rings. The molecule has 0 radical (unpaired) electrons. The number of amides is 2. The molecule has 0 aliphatic carbocycles. The SMILES string of the molecule is CC(C)(C)OC(=O)NSNC=O. The maximum absolute atomic E-state index is 10.8. The van der Waals surface area contributed by atoms with E-state index in [-0.39, 0.29) is 0 Å². The van der Waals surface area contributed by atoms with Gasteiger partial charge in [-0.05, 0) is 20.8 Å². The molecule has 2 amide bonds. The summed E-state index contributed by atoms with van der Waals surface area (Å²) in [5.41, 5.74) is -0.522. The number of hydrogen-bond donors (Lipinski definition) is 2. The highest BCUT2D eigenvalue weighted by Gasteiger charge is 2.15. The van der Waals surface area contributed by atoms with Gasteiger partial charge < -0.3 is 4.74 Å². The Morgan fingerprint density at radius 2 is 2.08 bits per heavy atom. The van der Waals surface area contributed by atoms with E-state index in [4.69, 9.17) is 4.74 Å². The summed E-state index contributed by atoms with van der Waals surface area (Å²) in [5, 5.41) is 0. The Labute approximate surface area is 75.5 Å². The Hall–Kier alpha value is -0.910. The smallest absolute Gasteiger partial charge is 0.419 e. The molecule has 0 aliphatic heterocycles. The second-order valence-corrected chi connectivity index (χ2v) is 3.59. The molecular weight excluding hydrogens is 180 g/mol. The zero-order valence-electron chi connectivity index (χ0n) is 7.21. The Morgan fingerprint density at radius 1 is 1.50 bits per heavy atom. The van der Waals surface area contributed by atoms with Gasteiger partial charge in [0.25, 0.3) is 0 Å². The first-order valence-electron chi connectivity index (χ1n) is 3.29. The van der Waals surface area contributed by atoms with Crippen LogP contribution >= 0.6 is 12.1 Å². The number of rotatable bonds is 3. The maximum Gasteiger partial charge on any atom is 0.419 e. The average Bonchev–Trinajstić information content (AvgIpc) is 1.84. The fourth-order valence-corrected chi connectivity index (χ4v) is 0.626. The van der Waals surface area contributed by atoms with E-state index in [2.05, 4.69) is 9.44 Å². The van der Waals surface area contributed by atoms with Crippen molar-refractivity contribution in [2.75, 3.05) is 0 Å². The zero-order valence-corrected chi connectivity index (χ0v) is 8.03. The van der Waals surface area contributed by atoms with Gasteiger partial charge in [0.1, 0.15) is 5.60 Å². The van der Waals surface area contributed by atoms with E-state index in [1.54, 1.807) is 20.8 Å². The first-order chi connectivity index (χ1) is 5.45. The van der Waals surface area contributed by atoms with Gasteiger partial charge in [-0.3, -0.25) is 9.52 Å². The number of carbonyl (C=O) groups excluding carboxylic acids is 2. The van der Waals surface area contributed by atoms with E-state index in [0.29, 0.717) is 6.41 Å². The molecule has 0 spiro atoms. The van der Waals surface area contributed by atoms with E-state index in [0.717, 1.165) is 12.1 Å². The minimum atomic E-state index is -0.582. The van der Waals surface area contributed by atoms with E-state index in [1.807, 2.05) is 0 Å². The molecule has 2 N–H and O–H groups in total. The van der Waals surface area contributed by atoms with Crippen molar-refractivity contribution in [3.05, 3.63) is 0 Å². The first-order valence-corrected chi connectivity index (χ1v) is 4.11. The maximum atomic E-state index is 10.8. The summed E-state index contributed by atoms with van der Waals surface area (Å²) in [6.45, 7) is 5.26. The quantitative estimate of drug-likeness (QED) is 0.394. The molecule has 70 valence electrons. The molecule has 0 unspecified atom stereocenters. The molecule has 0 rings (SSSR count). The fourth-order valence-electron chi connectivity index (χ4n) is 0.394. The van der Waals surface area contributed by atoms with E-state index in [1.165, 1.54) is 0 Å². The third-order valence-corrected chi connectivity index (χ3v) is 1.12. The van der Waals surface area contributed by atoms with Crippen LogP contribution in [0.1, 0.15) is 20.8 Å². The van der Waals surface area contributed by atoms with Gasteiger partial charge in [-0.25, -0.2) is 9.52 Å². The zero-order chi connectivity index (χ0) is 9.61. The largest absolute Gasteiger partial charge is 0.443 e. The third kappa shape index (κ3) is 7.20. The van der Waals surface area contributed by atoms with Gasteiger partial charge in [-0.1, -0.05) is 0 Å². The van der Waals surface area contributed by atoms with Crippen LogP contribution in [0.5, 0.6) is 0 Å². The topological polar surface area (TPSA) is 67.4 Å². The Balaban J connectivity index is 3.53. The summed E-state index contributed by atoms with van der Waals surface area (Å²) in [4.78, 5) is 20.6. The predicted octanol–water partition coefficient (Wildman–Crippen LogP) is 0.820. The Bertz CT molecular complexity index is 167. The summed E-state index contributed by atoms with van der Waals surface area (Å²) < 4.78 is 9.30. The van der Waals surface area contributed by atoms with Crippen molar-refractivity contribution in [2.45, 2.75) is 26.4 Å². The van der Waals surface area contributed by atoms with Crippen molar-refractivity contribution < 1.29 is 14.3 Å². The summed E-state index contributed by atoms with van der Waals surface area (Å²) >= 11 is 0.759. The van der Waals surface area contributed by atoms with E-state index in [9.17, 15) is 9.59 Å². The third-order valence-electron chi connectivity index (χ3n) is 0.640. The highest BCUT2D eigenvalue weighted by Crippen LogP contribution is 2.06. The van der Waals surface area contributed by atoms with Crippen molar-refractivity contribution in [3.8, 4) is 0 Å². The van der Waals surface area contributed by atoms with E-state index >= 15 is 0 Å². The molecular formula is C6H12N2O3S. The van der Waals surface area contributed by atoms with Crippen LogP contribution in [0, 0.1) is 0 Å². The number of nitrogens with one attached hydrogen (secondary N) is 2. The number of hydrogen-bond acceptors (Lipinski definition) is 4. The van der Waals surface area contributed by atoms with Crippen LogP contribution in [-0.4, -0.2) is 18.1 Å². The molecule has 0 bridgehead atoms. The molecule has 6 heteroatoms. The summed E-state index contributed by atoms with van der Waals surface area (Å²) in [5.74, 6) is 0. The molecule has 0 atom stereocenters. The van der Waals surface area contributed by atoms with Crippen molar-refractivity contribution in [2.24, 2.45) is 0 Å². The van der Waals surface area contributed by atoms with Crippen LogP contribution in [0.15, 0.2) is 0 Å². The lowest BCUT2D eigenvalue weighted by atomic mass is 10.2. The number of carbonyl (C=O) groups is 2. The Kier molecular flexibility index (Phi) is 4.50. The van der Waals surface area contributed by atoms with Gasteiger partial charge in [0.15, 0.2) is 0 Å². The van der Waals surface area contributed by atoms with Gasteiger partial charge in [-0.2, -0.15) is 0 Å². The molecule has 0 saturated heterocycles. The van der Waals surface area contributed by atoms with Crippen LogP contribution in [0.3, 0.4) is 0 Å². The molecule has 0 saturated carbocycles. The van der Waals surface area contributed by atoms with Gasteiger partial charge in [0.2, 0.25) is 6.41 Å². The predicted molar refractivity (Wildman–Crippen MR) is 46.2 cm³/mol. The summed E-state index contributed by atoms with van der Waals surface area (Å²) in [6, 6.07) is 0. The van der Waals surface area contributed by atoms with Crippen molar-refractivity contribution in [1.29, 1.82) is 0 Å². The first kappa shape index (κ1) is 11.1. The van der Waals surface area contributed by atoms with Crippen molar-refractivity contribution in [1.82, 2.24) is 9.44 Å². The van der Waals surface area contributed by atoms with Crippen LogP contribution in [0.2, 0.25) is 0 Å². The standard InChI is InChI=1S/C6H12N2O3S/c1-6(2,3)11-5(10)8-12-7-4-9/h4H,1-3H3,(H,7,9)(H,8,10). The Morgan fingerprint density at radius 3 is 2.50 bits per heavy atom. The second kappa shape index (κ2) is 4.87. The molecule has 5 nitrogen and oxygen atoms in total.